The van der Waals surface area contributed by atoms with Gasteiger partial charge in [0.25, 0.3) is 0 Å². The first-order valence-corrected chi connectivity index (χ1v) is 18.0. The molecule has 0 aliphatic carbocycles. The molecule has 0 spiro atoms. The van der Waals surface area contributed by atoms with Crippen molar-refractivity contribution in [3.05, 3.63) is 0 Å². The molecule has 0 saturated heterocycles. The van der Waals surface area contributed by atoms with Crippen molar-refractivity contribution in [2.45, 2.75) is 149 Å². The van der Waals surface area contributed by atoms with E-state index in [2.05, 4.69) is 120 Å². The minimum atomic E-state index is -1.80. The zero-order chi connectivity index (χ0) is 25.1. The Kier molecular flexibility index (Phi) is 10.8. The SMILES string of the molecule is CC(C)(C)N[C@@H](CO[Si](C)(C)C(C)(C)C)C[C@H](CO[Si](C)(C)C(C)(C)C)NC(C)(C)C. The van der Waals surface area contributed by atoms with E-state index in [0.717, 1.165) is 19.6 Å². The lowest BCUT2D eigenvalue weighted by Crippen LogP contribution is -2.55. The first-order chi connectivity index (χ1) is 13.4. The molecule has 2 atom stereocenters. The van der Waals surface area contributed by atoms with Gasteiger partial charge in [0, 0.05) is 36.4 Å². The van der Waals surface area contributed by atoms with Gasteiger partial charge in [0.2, 0.25) is 0 Å². The Balaban J connectivity index is 5.52. The highest BCUT2D eigenvalue weighted by atomic mass is 28.4. The summed E-state index contributed by atoms with van der Waals surface area (Å²) in [6.45, 7) is 38.1. The monoisotopic (exact) mass is 474 g/mol. The molecule has 0 saturated carbocycles. The van der Waals surface area contributed by atoms with Gasteiger partial charge in [-0.1, -0.05) is 41.5 Å². The third kappa shape index (κ3) is 12.3. The Bertz CT molecular complexity index is 488. The molecule has 0 amide bonds. The second kappa shape index (κ2) is 10.7. The Morgan fingerprint density at radius 1 is 0.548 bits per heavy atom. The van der Waals surface area contributed by atoms with Gasteiger partial charge in [-0.15, -0.1) is 0 Å². The maximum absolute atomic E-state index is 6.65. The van der Waals surface area contributed by atoms with E-state index in [-0.39, 0.29) is 33.2 Å². The third-order valence-electron chi connectivity index (χ3n) is 6.75. The summed E-state index contributed by atoms with van der Waals surface area (Å²) in [6.07, 6.45) is 0.984. The summed E-state index contributed by atoms with van der Waals surface area (Å²) < 4.78 is 13.3. The zero-order valence-corrected chi connectivity index (χ0v) is 26.1. The van der Waals surface area contributed by atoms with Crippen LogP contribution in [0, 0.1) is 0 Å². The molecule has 2 N–H and O–H groups in total. The lowest BCUT2D eigenvalue weighted by atomic mass is 10.00. The van der Waals surface area contributed by atoms with Crippen LogP contribution in [-0.2, 0) is 8.85 Å². The van der Waals surface area contributed by atoms with Crippen LogP contribution in [0.4, 0.5) is 0 Å². The Hall–Kier alpha value is 0.274. The van der Waals surface area contributed by atoms with Crippen molar-refractivity contribution in [1.29, 1.82) is 0 Å². The van der Waals surface area contributed by atoms with Gasteiger partial charge in [-0.3, -0.25) is 0 Å². The van der Waals surface area contributed by atoms with E-state index in [1.807, 2.05) is 0 Å². The van der Waals surface area contributed by atoms with E-state index in [1.54, 1.807) is 0 Å². The third-order valence-corrected chi connectivity index (χ3v) is 15.7. The summed E-state index contributed by atoms with van der Waals surface area (Å²) in [5.74, 6) is 0. The Labute approximate surface area is 198 Å². The highest BCUT2D eigenvalue weighted by Gasteiger charge is 2.39. The molecule has 0 aliphatic heterocycles. The van der Waals surface area contributed by atoms with Gasteiger partial charge >= 0.3 is 0 Å². The Morgan fingerprint density at radius 3 is 1.00 bits per heavy atom. The van der Waals surface area contributed by atoms with Crippen molar-refractivity contribution < 1.29 is 8.85 Å². The molecule has 0 fully saturated rings. The molecule has 0 bridgehead atoms. The number of hydrogen-bond acceptors (Lipinski definition) is 4. The van der Waals surface area contributed by atoms with Crippen LogP contribution in [0.15, 0.2) is 0 Å². The van der Waals surface area contributed by atoms with Gasteiger partial charge in [0.15, 0.2) is 16.6 Å². The summed E-state index contributed by atoms with van der Waals surface area (Å²) >= 11 is 0. The average molecular weight is 475 g/mol. The molecular formula is C25H58N2O2Si2. The summed E-state index contributed by atoms with van der Waals surface area (Å²) in [5, 5.41) is 8.11. The molecule has 0 unspecified atom stereocenters. The number of nitrogens with one attached hydrogen (secondary N) is 2. The molecule has 4 nitrogen and oxygen atoms in total. The lowest BCUT2D eigenvalue weighted by molar-refractivity contribution is 0.163. The standard InChI is InChI=1S/C25H58N2O2Si2/c1-22(2,3)26-20(18-28-30(13,14)24(7,8)9)17-21(27-23(4,5)6)19-29-31(15,16)25(10,11)12/h20-21,26-27H,17-19H2,1-16H3/t20-,21-/m1/s1. The van der Waals surface area contributed by atoms with Gasteiger partial charge in [-0.05, 0) is 84.2 Å². The first kappa shape index (κ1) is 31.3. The Morgan fingerprint density at radius 2 is 0.806 bits per heavy atom. The minimum Gasteiger partial charge on any atom is -0.415 e. The van der Waals surface area contributed by atoms with Gasteiger partial charge < -0.3 is 19.5 Å². The lowest BCUT2D eigenvalue weighted by Gasteiger charge is -2.41. The van der Waals surface area contributed by atoms with Crippen molar-refractivity contribution >= 4 is 16.6 Å². The fourth-order valence-corrected chi connectivity index (χ4v) is 5.06. The van der Waals surface area contributed by atoms with Crippen LogP contribution in [0.3, 0.4) is 0 Å². The normalized spacial score (nSPS) is 17.0. The second-order valence-electron chi connectivity index (χ2n) is 14.6. The molecule has 0 radical (unpaired) electrons. The average Bonchev–Trinajstić information content (AvgIpc) is 2.45. The zero-order valence-electron chi connectivity index (χ0n) is 24.1. The maximum atomic E-state index is 6.65. The molecule has 0 rings (SSSR count). The van der Waals surface area contributed by atoms with Crippen LogP contribution in [0.1, 0.15) is 89.5 Å². The van der Waals surface area contributed by atoms with Gasteiger partial charge in [-0.25, -0.2) is 0 Å². The smallest absolute Gasteiger partial charge is 0.192 e. The summed E-state index contributed by atoms with van der Waals surface area (Å²) in [7, 11) is -3.60. The van der Waals surface area contributed by atoms with E-state index < -0.39 is 16.6 Å². The largest absolute Gasteiger partial charge is 0.415 e. The van der Waals surface area contributed by atoms with Crippen molar-refractivity contribution in [3.8, 4) is 0 Å². The first-order valence-electron chi connectivity index (χ1n) is 12.2. The summed E-state index contributed by atoms with van der Waals surface area (Å²) in [5.41, 5.74) is 0.0715. The van der Waals surface area contributed by atoms with Crippen LogP contribution in [0.25, 0.3) is 0 Å². The molecule has 0 aromatic carbocycles. The van der Waals surface area contributed by atoms with Crippen LogP contribution in [0.2, 0.25) is 36.3 Å². The van der Waals surface area contributed by atoms with Crippen LogP contribution >= 0.6 is 0 Å². The maximum Gasteiger partial charge on any atom is 0.192 e. The van der Waals surface area contributed by atoms with Crippen molar-refractivity contribution in [3.63, 3.8) is 0 Å². The molecule has 0 aromatic rings. The van der Waals surface area contributed by atoms with Gasteiger partial charge in [0.1, 0.15) is 0 Å². The quantitative estimate of drug-likeness (QED) is 0.337. The molecule has 0 aliphatic rings. The molecular weight excluding hydrogens is 416 g/mol. The highest BCUT2D eigenvalue weighted by Crippen LogP contribution is 2.37. The molecule has 0 heterocycles. The van der Waals surface area contributed by atoms with E-state index in [9.17, 15) is 0 Å². The van der Waals surface area contributed by atoms with Crippen LogP contribution < -0.4 is 10.6 Å². The molecule has 188 valence electrons. The molecule has 6 heteroatoms. The van der Waals surface area contributed by atoms with Crippen molar-refractivity contribution in [2.75, 3.05) is 13.2 Å². The second-order valence-corrected chi connectivity index (χ2v) is 24.2. The molecule has 31 heavy (non-hydrogen) atoms. The fourth-order valence-electron chi connectivity index (χ4n) is 2.96. The van der Waals surface area contributed by atoms with Crippen molar-refractivity contribution in [2.24, 2.45) is 0 Å². The van der Waals surface area contributed by atoms with Crippen molar-refractivity contribution in [1.82, 2.24) is 10.6 Å². The van der Waals surface area contributed by atoms with E-state index in [0.29, 0.717) is 0 Å². The highest BCUT2D eigenvalue weighted by molar-refractivity contribution is 6.74. The van der Waals surface area contributed by atoms with Crippen LogP contribution in [-0.4, -0.2) is 53.0 Å². The van der Waals surface area contributed by atoms with E-state index >= 15 is 0 Å². The summed E-state index contributed by atoms with van der Waals surface area (Å²) in [4.78, 5) is 0. The van der Waals surface area contributed by atoms with Gasteiger partial charge in [-0.2, -0.15) is 0 Å². The van der Waals surface area contributed by atoms with E-state index in [4.69, 9.17) is 8.85 Å². The number of hydrogen-bond donors (Lipinski definition) is 2. The van der Waals surface area contributed by atoms with Gasteiger partial charge in [0.05, 0.1) is 0 Å². The topological polar surface area (TPSA) is 42.5 Å². The predicted octanol–water partition coefficient (Wildman–Crippen LogP) is 6.93. The van der Waals surface area contributed by atoms with Crippen LogP contribution in [0.5, 0.6) is 0 Å². The van der Waals surface area contributed by atoms with E-state index in [1.165, 1.54) is 0 Å². The minimum absolute atomic E-state index is 0.0357. The predicted molar refractivity (Wildman–Crippen MR) is 144 cm³/mol. The number of rotatable bonds is 10. The summed E-state index contributed by atoms with van der Waals surface area (Å²) in [6, 6.07) is 0.550. The fraction of sp³-hybridized carbons (Fsp3) is 1.00. The molecule has 0 aromatic heterocycles.